The number of H-pyrrole nitrogens is 1. The van der Waals surface area contributed by atoms with Gasteiger partial charge in [0.1, 0.15) is 5.75 Å². The van der Waals surface area contributed by atoms with Crippen LogP contribution in [0.15, 0.2) is 65.6 Å². The van der Waals surface area contributed by atoms with E-state index in [-0.39, 0.29) is 23.4 Å². The lowest BCUT2D eigenvalue weighted by atomic mass is 10.1. The second-order valence-corrected chi connectivity index (χ2v) is 7.03. The highest BCUT2D eigenvalue weighted by atomic mass is 19.4. The highest BCUT2D eigenvalue weighted by molar-refractivity contribution is 6.08. The summed E-state index contributed by atoms with van der Waals surface area (Å²) in [6.07, 6.45) is -8.35. The summed E-state index contributed by atoms with van der Waals surface area (Å²) in [7, 11) is 0. The first-order valence-corrected chi connectivity index (χ1v) is 9.65. The molecule has 0 unspecified atom stereocenters. The van der Waals surface area contributed by atoms with Gasteiger partial charge in [0.2, 0.25) is 5.56 Å². The Bertz CT molecular complexity index is 1200. The van der Waals surface area contributed by atoms with Crippen LogP contribution >= 0.6 is 0 Å². The summed E-state index contributed by atoms with van der Waals surface area (Å²) in [6.45, 7) is -1.65. The second kappa shape index (κ2) is 9.89. The molecular weight excluding hydrogens is 468 g/mol. The molecule has 34 heavy (non-hydrogen) atoms. The van der Waals surface area contributed by atoms with Crippen LogP contribution in [0.4, 0.5) is 37.7 Å². The van der Waals surface area contributed by atoms with Gasteiger partial charge in [-0.15, -0.1) is 0 Å². The van der Waals surface area contributed by atoms with E-state index in [1.54, 1.807) is 24.3 Å². The van der Waals surface area contributed by atoms with Crippen LogP contribution in [0.25, 0.3) is 0 Å². The van der Waals surface area contributed by atoms with Crippen molar-refractivity contribution in [3.63, 3.8) is 0 Å². The van der Waals surface area contributed by atoms with Crippen molar-refractivity contribution in [1.29, 1.82) is 0 Å². The maximum atomic E-state index is 13.4. The van der Waals surface area contributed by atoms with Crippen molar-refractivity contribution in [2.45, 2.75) is 18.9 Å². The van der Waals surface area contributed by atoms with Crippen LogP contribution in [0.2, 0.25) is 0 Å². The molecule has 12 heteroatoms. The van der Waals surface area contributed by atoms with Gasteiger partial charge in [0.15, 0.2) is 6.61 Å². The minimum Gasteiger partial charge on any atom is -0.483 e. The van der Waals surface area contributed by atoms with E-state index in [2.05, 4.69) is 20.4 Å². The van der Waals surface area contributed by atoms with Gasteiger partial charge in [-0.2, -0.15) is 26.3 Å². The Morgan fingerprint density at radius 1 is 0.971 bits per heavy atom. The number of carbonyl (C=O) groups is 1. The summed E-state index contributed by atoms with van der Waals surface area (Å²) in [5.41, 5.74) is -0.841. The number of rotatable bonds is 7. The number of alkyl halides is 6. The zero-order chi connectivity index (χ0) is 24.9. The second-order valence-electron chi connectivity index (χ2n) is 7.03. The van der Waals surface area contributed by atoms with E-state index in [0.29, 0.717) is 23.4 Å². The van der Waals surface area contributed by atoms with Gasteiger partial charge >= 0.3 is 12.4 Å². The summed E-state index contributed by atoms with van der Waals surface area (Å²) in [5.74, 6) is -1.76. The lowest BCUT2D eigenvalue weighted by Crippen LogP contribution is -2.21. The molecule has 6 nitrogen and oxygen atoms in total. The average Bonchev–Trinajstić information content (AvgIpc) is 2.77. The van der Waals surface area contributed by atoms with E-state index in [1.165, 1.54) is 18.3 Å². The van der Waals surface area contributed by atoms with Gasteiger partial charge in [-0.05, 0) is 35.9 Å². The number of para-hydroxylation sites is 1. The molecule has 0 atom stereocenters. The van der Waals surface area contributed by atoms with E-state index in [1.807, 2.05) is 0 Å². The highest BCUT2D eigenvalue weighted by Gasteiger charge is 2.36. The van der Waals surface area contributed by atoms with Crippen LogP contribution in [0.5, 0.6) is 5.75 Å². The quantitative estimate of drug-likeness (QED) is 0.402. The maximum Gasteiger partial charge on any atom is 0.422 e. The minimum absolute atomic E-state index is 0.109. The lowest BCUT2D eigenvalue weighted by molar-refractivity contribution is -0.158. The van der Waals surface area contributed by atoms with Gasteiger partial charge in [0.25, 0.3) is 5.91 Å². The third kappa shape index (κ3) is 6.77. The van der Waals surface area contributed by atoms with Crippen molar-refractivity contribution >= 4 is 17.3 Å². The molecule has 0 aliphatic heterocycles. The smallest absolute Gasteiger partial charge is 0.422 e. The molecule has 0 saturated carbocycles. The molecule has 180 valence electrons. The van der Waals surface area contributed by atoms with Gasteiger partial charge in [0.05, 0.1) is 11.1 Å². The zero-order valence-electron chi connectivity index (χ0n) is 17.2. The molecule has 0 saturated heterocycles. The third-order valence-electron chi connectivity index (χ3n) is 4.44. The molecule has 2 aromatic carbocycles. The molecule has 0 fully saturated rings. The van der Waals surface area contributed by atoms with Crippen LogP contribution in [0.1, 0.15) is 21.5 Å². The van der Waals surface area contributed by atoms with Crippen molar-refractivity contribution in [1.82, 2.24) is 4.98 Å². The first kappa shape index (κ1) is 24.7. The summed E-state index contributed by atoms with van der Waals surface area (Å²) < 4.78 is 81.4. The molecule has 3 N–H and O–H groups in total. The average molecular weight is 485 g/mol. The number of ether oxygens (including phenoxy) is 1. The first-order chi connectivity index (χ1) is 15.9. The Kier molecular flexibility index (Phi) is 7.18. The standard InChI is InChI=1S/C22H17F6N3O3/c23-21(24,25)12-34-18-7-6-14(9-16(18)22(26,27)28)31-20(33)15-3-1-2-4-17(15)29-10-13-5-8-19(32)30-11-13/h1-9,11,29H,10,12H2,(H,30,32)(H,31,33). The van der Waals surface area contributed by atoms with Crippen LogP contribution in [0.3, 0.4) is 0 Å². The summed E-state index contributed by atoms with van der Waals surface area (Å²) in [6, 6.07) is 11.3. The fourth-order valence-corrected chi connectivity index (χ4v) is 2.90. The Morgan fingerprint density at radius 3 is 2.35 bits per heavy atom. The number of hydrogen-bond donors (Lipinski definition) is 3. The van der Waals surface area contributed by atoms with Crippen molar-refractivity contribution in [2.24, 2.45) is 0 Å². The van der Waals surface area contributed by atoms with Gasteiger partial charge < -0.3 is 20.4 Å². The molecule has 0 bridgehead atoms. The number of anilines is 2. The Morgan fingerprint density at radius 2 is 1.71 bits per heavy atom. The van der Waals surface area contributed by atoms with Gasteiger partial charge in [0, 0.05) is 30.2 Å². The van der Waals surface area contributed by atoms with Gasteiger partial charge in [-0.25, -0.2) is 0 Å². The van der Waals surface area contributed by atoms with Crippen molar-refractivity contribution in [2.75, 3.05) is 17.2 Å². The van der Waals surface area contributed by atoms with Gasteiger partial charge in [-0.3, -0.25) is 9.59 Å². The Labute approximate surface area is 188 Å². The predicted octanol–water partition coefficient (Wildman–Crippen LogP) is 5.20. The minimum atomic E-state index is -5.02. The summed E-state index contributed by atoms with van der Waals surface area (Å²) in [4.78, 5) is 26.4. The van der Waals surface area contributed by atoms with E-state index in [4.69, 9.17) is 0 Å². The number of hydrogen-bond acceptors (Lipinski definition) is 4. The van der Waals surface area contributed by atoms with Crippen molar-refractivity contribution < 1.29 is 35.9 Å². The fourth-order valence-electron chi connectivity index (χ4n) is 2.90. The SMILES string of the molecule is O=C(Nc1ccc(OCC(F)(F)F)c(C(F)(F)F)c1)c1ccccc1NCc1ccc(=O)[nH]c1. The number of aromatic nitrogens is 1. The van der Waals surface area contributed by atoms with Crippen LogP contribution < -0.4 is 20.9 Å². The van der Waals surface area contributed by atoms with Crippen LogP contribution in [0, 0.1) is 0 Å². The third-order valence-corrected chi connectivity index (χ3v) is 4.44. The molecule has 1 heterocycles. The molecular formula is C22H17F6N3O3. The van der Waals surface area contributed by atoms with Crippen molar-refractivity contribution in [3.05, 3.63) is 87.8 Å². The molecule has 0 radical (unpaired) electrons. The normalized spacial score (nSPS) is 11.7. The molecule has 0 aliphatic carbocycles. The summed E-state index contributed by atoms with van der Waals surface area (Å²) in [5, 5.41) is 5.31. The fraction of sp³-hybridized carbons (Fsp3) is 0.182. The topological polar surface area (TPSA) is 83.2 Å². The predicted molar refractivity (Wildman–Crippen MR) is 112 cm³/mol. The van der Waals surface area contributed by atoms with E-state index in [0.717, 1.165) is 6.07 Å². The maximum absolute atomic E-state index is 13.4. The van der Waals surface area contributed by atoms with E-state index < -0.39 is 36.2 Å². The number of nitrogens with one attached hydrogen (secondary N) is 3. The summed E-state index contributed by atoms with van der Waals surface area (Å²) >= 11 is 0. The zero-order valence-corrected chi connectivity index (χ0v) is 17.2. The molecule has 1 aromatic heterocycles. The monoisotopic (exact) mass is 485 g/mol. The van der Waals surface area contributed by atoms with E-state index in [9.17, 15) is 35.9 Å². The van der Waals surface area contributed by atoms with Gasteiger partial charge in [-0.1, -0.05) is 18.2 Å². The Balaban J connectivity index is 1.78. The molecule has 3 rings (SSSR count). The number of pyridine rings is 1. The number of carbonyl (C=O) groups excluding carboxylic acids is 1. The highest BCUT2D eigenvalue weighted by Crippen LogP contribution is 2.38. The molecule has 0 aliphatic rings. The molecule has 1 amide bonds. The largest absolute Gasteiger partial charge is 0.483 e. The first-order valence-electron chi connectivity index (χ1n) is 9.65. The van der Waals surface area contributed by atoms with E-state index >= 15 is 0 Å². The van der Waals surface area contributed by atoms with Crippen LogP contribution in [-0.2, 0) is 12.7 Å². The molecule has 3 aromatic rings. The molecule has 0 spiro atoms. The lowest BCUT2D eigenvalue weighted by Gasteiger charge is -2.17. The Hall–Kier alpha value is -3.96. The van der Waals surface area contributed by atoms with Crippen LogP contribution in [-0.4, -0.2) is 23.7 Å². The van der Waals surface area contributed by atoms with Crippen molar-refractivity contribution in [3.8, 4) is 5.75 Å². The number of amides is 1. The number of benzene rings is 2. The number of aromatic amines is 1. The number of halogens is 6.